The average molecular weight is 370 g/mol. The molecule has 0 aliphatic heterocycles. The third-order valence-corrected chi connectivity index (χ3v) is 4.70. The molecule has 2 heterocycles. The van der Waals surface area contributed by atoms with E-state index in [0.29, 0.717) is 16.8 Å². The Morgan fingerprint density at radius 2 is 1.68 bits per heavy atom. The van der Waals surface area contributed by atoms with Gasteiger partial charge in [-0.15, -0.1) is 0 Å². The molecule has 0 spiro atoms. The molecular weight excluding hydrogens is 352 g/mol. The molecule has 0 bridgehead atoms. The van der Waals surface area contributed by atoms with E-state index in [4.69, 9.17) is 0 Å². The number of hydrogen-bond donors (Lipinski definition) is 0. The number of fused-ring (bicyclic) bond motifs is 1. The van der Waals surface area contributed by atoms with Crippen molar-refractivity contribution >= 4 is 23.0 Å². The van der Waals surface area contributed by atoms with E-state index >= 15 is 0 Å². The number of anilines is 1. The first-order valence-corrected chi connectivity index (χ1v) is 8.83. The monoisotopic (exact) mass is 370 g/mol. The molecule has 6 heteroatoms. The number of ketones is 1. The minimum atomic E-state index is -0.112. The molecule has 2 aromatic heterocycles. The van der Waals surface area contributed by atoms with Gasteiger partial charge < -0.3 is 4.90 Å². The molecule has 6 nitrogen and oxygen atoms in total. The summed E-state index contributed by atoms with van der Waals surface area (Å²) in [5.41, 5.74) is 4.10. The summed E-state index contributed by atoms with van der Waals surface area (Å²) in [5.74, 6) is -0.145. The number of aromatic nitrogens is 3. The minimum absolute atomic E-state index is 0.0322. The summed E-state index contributed by atoms with van der Waals surface area (Å²) >= 11 is 0. The predicted octanol–water partition coefficient (Wildman–Crippen LogP) is 3.61. The maximum absolute atomic E-state index is 12.8. The molecule has 0 atom stereocenters. The number of nitrogens with zero attached hydrogens (tertiary/aromatic N) is 4. The van der Waals surface area contributed by atoms with E-state index < -0.39 is 0 Å². The van der Waals surface area contributed by atoms with Gasteiger partial charge in [0.05, 0.1) is 17.5 Å². The summed E-state index contributed by atoms with van der Waals surface area (Å²) in [6.45, 7) is 1.52. The van der Waals surface area contributed by atoms with Gasteiger partial charge in [-0.05, 0) is 18.2 Å². The van der Waals surface area contributed by atoms with Crippen molar-refractivity contribution in [3.63, 3.8) is 0 Å². The van der Waals surface area contributed by atoms with Gasteiger partial charge in [0.15, 0.2) is 11.4 Å². The van der Waals surface area contributed by atoms with Crippen molar-refractivity contribution < 1.29 is 9.59 Å². The van der Waals surface area contributed by atoms with Crippen LogP contribution < -0.4 is 4.90 Å². The van der Waals surface area contributed by atoms with Gasteiger partial charge in [0, 0.05) is 37.0 Å². The fourth-order valence-corrected chi connectivity index (χ4v) is 3.05. The van der Waals surface area contributed by atoms with Gasteiger partial charge in [0.1, 0.15) is 0 Å². The molecule has 138 valence electrons. The highest BCUT2D eigenvalue weighted by Gasteiger charge is 2.17. The fourth-order valence-electron chi connectivity index (χ4n) is 3.05. The lowest BCUT2D eigenvalue weighted by Gasteiger charge is -2.15. The topological polar surface area (TPSA) is 67.6 Å². The van der Waals surface area contributed by atoms with Gasteiger partial charge in [-0.3, -0.25) is 9.59 Å². The van der Waals surface area contributed by atoms with Crippen molar-refractivity contribution in [2.45, 2.75) is 6.92 Å². The number of benzene rings is 2. The Kier molecular flexibility index (Phi) is 4.45. The molecule has 1 amide bonds. The lowest BCUT2D eigenvalue weighted by atomic mass is 10.1. The van der Waals surface area contributed by atoms with E-state index in [1.54, 1.807) is 41.0 Å². The zero-order valence-electron chi connectivity index (χ0n) is 15.5. The Labute approximate surface area is 162 Å². The van der Waals surface area contributed by atoms with Crippen LogP contribution in [0.15, 0.2) is 73.1 Å². The fraction of sp³-hybridized carbons (Fsp3) is 0.0909. The quantitative estimate of drug-likeness (QED) is 0.515. The summed E-state index contributed by atoms with van der Waals surface area (Å²) in [4.78, 5) is 30.3. The molecule has 0 saturated heterocycles. The summed E-state index contributed by atoms with van der Waals surface area (Å²) in [6, 6.07) is 18.5. The van der Waals surface area contributed by atoms with Gasteiger partial charge in [-0.25, -0.2) is 9.50 Å². The summed E-state index contributed by atoms with van der Waals surface area (Å²) in [7, 11) is 1.73. The van der Waals surface area contributed by atoms with Crippen LogP contribution in [0.4, 0.5) is 5.69 Å². The van der Waals surface area contributed by atoms with Crippen LogP contribution in [-0.4, -0.2) is 33.3 Å². The normalized spacial score (nSPS) is 10.8. The van der Waals surface area contributed by atoms with Crippen molar-refractivity contribution in [2.24, 2.45) is 0 Å². The Morgan fingerprint density at radius 3 is 2.36 bits per heavy atom. The molecule has 0 aliphatic carbocycles. The molecule has 0 aliphatic rings. The van der Waals surface area contributed by atoms with Crippen LogP contribution in [0.1, 0.15) is 22.8 Å². The van der Waals surface area contributed by atoms with Gasteiger partial charge in [0.2, 0.25) is 5.91 Å². The van der Waals surface area contributed by atoms with Crippen molar-refractivity contribution in [1.82, 2.24) is 14.6 Å². The van der Waals surface area contributed by atoms with Crippen molar-refractivity contribution in [2.75, 3.05) is 11.9 Å². The second kappa shape index (κ2) is 7.08. The first kappa shape index (κ1) is 17.6. The number of amides is 1. The molecule has 0 saturated carbocycles. The van der Waals surface area contributed by atoms with Crippen molar-refractivity contribution in [3.8, 4) is 11.3 Å². The Hall–Kier alpha value is -3.80. The third kappa shape index (κ3) is 3.05. The molecule has 0 N–H and O–H groups in total. The Morgan fingerprint density at radius 1 is 0.964 bits per heavy atom. The molecule has 28 heavy (non-hydrogen) atoms. The highest BCUT2D eigenvalue weighted by Crippen LogP contribution is 2.24. The lowest BCUT2D eigenvalue weighted by Crippen LogP contribution is -2.22. The smallest absolute Gasteiger partial charge is 0.223 e. The average Bonchev–Trinajstić information content (AvgIpc) is 3.17. The molecule has 0 unspecified atom stereocenters. The van der Waals surface area contributed by atoms with E-state index in [1.165, 1.54) is 6.92 Å². The van der Waals surface area contributed by atoms with Crippen LogP contribution in [0.25, 0.3) is 16.9 Å². The molecule has 0 fully saturated rings. The molecule has 0 radical (unpaired) electrons. The van der Waals surface area contributed by atoms with Crippen LogP contribution in [0.3, 0.4) is 0 Å². The van der Waals surface area contributed by atoms with Crippen LogP contribution in [0.2, 0.25) is 0 Å². The first-order chi connectivity index (χ1) is 13.6. The summed E-state index contributed by atoms with van der Waals surface area (Å²) < 4.78 is 1.67. The van der Waals surface area contributed by atoms with E-state index in [1.807, 2.05) is 48.5 Å². The Balaban J connectivity index is 1.75. The number of hydrogen-bond acceptors (Lipinski definition) is 4. The lowest BCUT2D eigenvalue weighted by molar-refractivity contribution is -0.116. The summed E-state index contributed by atoms with van der Waals surface area (Å²) in [5, 5.41) is 4.40. The molecular formula is C22H18N4O2. The maximum atomic E-state index is 12.8. The van der Waals surface area contributed by atoms with Crippen molar-refractivity contribution in [1.29, 1.82) is 0 Å². The predicted molar refractivity (Wildman–Crippen MR) is 107 cm³/mol. The highest BCUT2D eigenvalue weighted by atomic mass is 16.2. The summed E-state index contributed by atoms with van der Waals surface area (Å²) in [6.07, 6.45) is 3.22. The third-order valence-electron chi connectivity index (χ3n) is 4.70. The highest BCUT2D eigenvalue weighted by molar-refractivity contribution is 6.12. The molecule has 2 aromatic carbocycles. The van der Waals surface area contributed by atoms with Gasteiger partial charge in [0.25, 0.3) is 0 Å². The molecule has 4 aromatic rings. The number of carbonyl (C=O) groups excluding carboxylic acids is 2. The zero-order valence-corrected chi connectivity index (χ0v) is 15.5. The Bertz CT molecular complexity index is 1160. The second-order valence-electron chi connectivity index (χ2n) is 6.44. The van der Waals surface area contributed by atoms with Gasteiger partial charge in [-0.2, -0.15) is 5.10 Å². The van der Waals surface area contributed by atoms with Crippen LogP contribution in [0, 0.1) is 0 Å². The maximum Gasteiger partial charge on any atom is 0.223 e. The van der Waals surface area contributed by atoms with E-state index in [0.717, 1.165) is 16.9 Å². The van der Waals surface area contributed by atoms with Crippen LogP contribution >= 0.6 is 0 Å². The van der Waals surface area contributed by atoms with Gasteiger partial charge >= 0.3 is 0 Å². The largest absolute Gasteiger partial charge is 0.316 e. The SMILES string of the molecule is CC(=O)N(C)c1ccc(-c2ccnc3c(C(=O)c4ccccc4)cnn23)cc1. The van der Waals surface area contributed by atoms with Crippen LogP contribution in [-0.2, 0) is 4.79 Å². The van der Waals surface area contributed by atoms with Crippen molar-refractivity contribution in [3.05, 3.63) is 84.2 Å². The molecule has 4 rings (SSSR count). The minimum Gasteiger partial charge on any atom is -0.316 e. The van der Waals surface area contributed by atoms with Crippen LogP contribution in [0.5, 0.6) is 0 Å². The van der Waals surface area contributed by atoms with E-state index in [-0.39, 0.29) is 11.7 Å². The van der Waals surface area contributed by atoms with Gasteiger partial charge in [-0.1, -0.05) is 42.5 Å². The van der Waals surface area contributed by atoms with E-state index in [2.05, 4.69) is 10.1 Å². The first-order valence-electron chi connectivity index (χ1n) is 8.83. The van der Waals surface area contributed by atoms with E-state index in [9.17, 15) is 9.59 Å². The zero-order chi connectivity index (χ0) is 19.7. The number of carbonyl (C=O) groups is 2. The second-order valence-corrected chi connectivity index (χ2v) is 6.44. The standard InChI is InChI=1S/C22H18N4O2/c1-15(27)25(2)18-10-8-16(9-11-18)20-12-13-23-22-19(14-24-26(20)22)21(28)17-6-4-3-5-7-17/h3-14H,1-2H3. The number of rotatable bonds is 4.